The Morgan fingerprint density at radius 1 is 1.19 bits per heavy atom. The molecule has 1 unspecified atom stereocenters. The van der Waals surface area contributed by atoms with Gasteiger partial charge in [0.15, 0.2) is 5.69 Å². The molecule has 0 radical (unpaired) electrons. The summed E-state index contributed by atoms with van der Waals surface area (Å²) < 4.78 is 101. The number of carbonyl (C=O) groups excluding carboxylic acids is 1. The highest BCUT2D eigenvalue weighted by atomic mass is 79.9. The van der Waals surface area contributed by atoms with Gasteiger partial charge >= 0.3 is 6.18 Å². The molecule has 0 spiro atoms. The predicted octanol–water partition coefficient (Wildman–Crippen LogP) is 5.18. The molecule has 4 N–H and O–H groups in total. The Balaban J connectivity index is 1.73. The molecule has 196 valence electrons. The lowest BCUT2D eigenvalue weighted by Crippen LogP contribution is -2.37. The lowest BCUT2D eigenvalue weighted by molar-refractivity contribution is -0.142. The van der Waals surface area contributed by atoms with Gasteiger partial charge in [0.1, 0.15) is 23.4 Å². The van der Waals surface area contributed by atoms with Crippen LogP contribution in [0.15, 0.2) is 34.9 Å². The summed E-state index contributed by atoms with van der Waals surface area (Å²) in [6.45, 7) is 0. The number of nitrogens with zero attached hydrogens (tertiary/aromatic N) is 3. The van der Waals surface area contributed by atoms with Gasteiger partial charge < -0.3 is 11.5 Å². The zero-order valence-electron chi connectivity index (χ0n) is 18.5. The van der Waals surface area contributed by atoms with E-state index in [-0.39, 0.29) is 27.8 Å². The number of benzene rings is 1. The minimum Gasteiger partial charge on any atom is -0.397 e. The summed E-state index contributed by atoms with van der Waals surface area (Å²) in [6, 6.07) is 1.93. The normalized spacial score (nSPS) is 21.3. The first-order valence-electron chi connectivity index (χ1n) is 10.9. The summed E-state index contributed by atoms with van der Waals surface area (Å²) in [4.78, 5) is 16.9. The van der Waals surface area contributed by atoms with Gasteiger partial charge in [0.25, 0.3) is 5.92 Å². The van der Waals surface area contributed by atoms with E-state index in [0.717, 1.165) is 12.1 Å². The first-order valence-corrected chi connectivity index (χ1v) is 11.7. The number of carbonyl (C=O) groups is 1. The molecule has 37 heavy (non-hydrogen) atoms. The van der Waals surface area contributed by atoms with E-state index in [4.69, 9.17) is 11.5 Å². The summed E-state index contributed by atoms with van der Waals surface area (Å²) >= 11 is 3.22. The van der Waals surface area contributed by atoms with Gasteiger partial charge in [-0.2, -0.15) is 27.1 Å². The smallest absolute Gasteiger partial charge is 0.397 e. The Bertz CT molecular complexity index is 1400. The van der Waals surface area contributed by atoms with Gasteiger partial charge in [-0.3, -0.25) is 9.78 Å². The van der Waals surface area contributed by atoms with Crippen LogP contribution in [0.5, 0.6) is 0 Å². The number of nitrogen functional groups attached to an aromatic ring is 1. The SMILES string of the molecule is NC(=O)C([C@H](Cc1cc(F)cc(F)c1)c1ncc(N)cc1Br)n1nc(C(F)(F)F)c2c1C(F)(F)[C@@H]1C[C@H]21. The second-order valence-corrected chi connectivity index (χ2v) is 10.1. The van der Waals surface area contributed by atoms with Crippen LogP contribution >= 0.6 is 15.9 Å². The zero-order chi connectivity index (χ0) is 27.0. The molecule has 0 saturated heterocycles. The van der Waals surface area contributed by atoms with E-state index in [0.29, 0.717) is 10.7 Å². The van der Waals surface area contributed by atoms with Gasteiger partial charge in [-0.1, -0.05) is 0 Å². The summed E-state index contributed by atoms with van der Waals surface area (Å²) in [6.07, 6.45) is -4.46. The number of hydrogen-bond donors (Lipinski definition) is 2. The Kier molecular flexibility index (Phi) is 5.81. The molecule has 4 atom stereocenters. The van der Waals surface area contributed by atoms with Crippen molar-refractivity contribution in [3.8, 4) is 0 Å². The largest absolute Gasteiger partial charge is 0.435 e. The van der Waals surface area contributed by atoms with Gasteiger partial charge in [-0.25, -0.2) is 13.5 Å². The molecule has 1 fully saturated rings. The van der Waals surface area contributed by atoms with Crippen LogP contribution in [0.2, 0.25) is 0 Å². The molecule has 1 aromatic carbocycles. The second-order valence-electron chi connectivity index (χ2n) is 9.20. The molecule has 1 saturated carbocycles. The highest BCUT2D eigenvalue weighted by Gasteiger charge is 2.69. The minimum atomic E-state index is -5.08. The first kappa shape index (κ1) is 25.5. The van der Waals surface area contributed by atoms with Crippen LogP contribution in [-0.4, -0.2) is 20.7 Å². The Labute approximate surface area is 213 Å². The van der Waals surface area contributed by atoms with Gasteiger partial charge in [-0.15, -0.1) is 0 Å². The summed E-state index contributed by atoms with van der Waals surface area (Å²) in [5, 5.41) is 3.46. The van der Waals surface area contributed by atoms with E-state index in [1.54, 1.807) is 0 Å². The fourth-order valence-corrected chi connectivity index (χ4v) is 5.86. The van der Waals surface area contributed by atoms with E-state index < -0.39 is 76.8 Å². The molecular formula is C23H17BrF7N5O. The molecule has 14 heteroatoms. The molecule has 3 aromatic rings. The quantitative estimate of drug-likeness (QED) is 0.386. The predicted molar refractivity (Wildman–Crippen MR) is 119 cm³/mol. The van der Waals surface area contributed by atoms with Crippen molar-refractivity contribution >= 4 is 27.5 Å². The van der Waals surface area contributed by atoms with Gasteiger partial charge in [-0.05, 0) is 58.5 Å². The van der Waals surface area contributed by atoms with Crippen molar-refractivity contribution in [2.45, 2.75) is 42.8 Å². The number of aromatic nitrogens is 3. The maximum atomic E-state index is 15.3. The number of fused-ring (bicyclic) bond motifs is 3. The van der Waals surface area contributed by atoms with E-state index in [2.05, 4.69) is 26.0 Å². The minimum absolute atomic E-state index is 0.00745. The molecule has 2 heterocycles. The summed E-state index contributed by atoms with van der Waals surface area (Å²) in [5.74, 6) is -10.7. The summed E-state index contributed by atoms with van der Waals surface area (Å²) in [7, 11) is 0. The maximum absolute atomic E-state index is 15.3. The van der Waals surface area contributed by atoms with E-state index in [1.165, 1.54) is 12.3 Å². The van der Waals surface area contributed by atoms with Crippen LogP contribution in [0.1, 0.15) is 52.5 Å². The number of amides is 1. The highest BCUT2D eigenvalue weighted by Crippen LogP contribution is 2.69. The average Bonchev–Trinajstić information content (AvgIpc) is 3.39. The Morgan fingerprint density at radius 3 is 2.41 bits per heavy atom. The van der Waals surface area contributed by atoms with E-state index in [1.807, 2.05) is 0 Å². The second kappa shape index (κ2) is 8.43. The van der Waals surface area contributed by atoms with Crippen LogP contribution < -0.4 is 11.5 Å². The molecule has 2 aliphatic carbocycles. The van der Waals surface area contributed by atoms with Crippen LogP contribution in [0, 0.1) is 17.6 Å². The number of alkyl halides is 5. The highest BCUT2D eigenvalue weighted by molar-refractivity contribution is 9.10. The topological polar surface area (TPSA) is 99.8 Å². The van der Waals surface area contributed by atoms with Crippen molar-refractivity contribution < 1.29 is 35.5 Å². The number of nitrogens with two attached hydrogens (primary N) is 2. The standard InChI is InChI=1S/C23H17BrF7N5O/c24-15-5-11(32)7-34-17(15)13(3-8-1-9(25)4-10(26)2-8)18(21(33)37)36-20-16(19(35-36)23(29,30)31)12-6-14(12)22(20,27)28/h1-2,4-5,7,12-14,18H,3,6,32H2,(H2,33,37)/t12-,13+,14+,18?/m0/s1. The van der Waals surface area contributed by atoms with Crippen LogP contribution in [0.25, 0.3) is 0 Å². The van der Waals surface area contributed by atoms with Crippen LogP contribution in [0.4, 0.5) is 36.4 Å². The number of primary amides is 1. The molecular weight excluding hydrogens is 575 g/mol. The third-order valence-corrected chi connectivity index (χ3v) is 7.35. The first-order chi connectivity index (χ1) is 17.2. The number of halogens is 8. The van der Waals surface area contributed by atoms with Gasteiger partial charge in [0.05, 0.1) is 17.6 Å². The lowest BCUT2D eigenvalue weighted by atomic mass is 9.87. The average molecular weight is 592 g/mol. The third-order valence-electron chi connectivity index (χ3n) is 6.71. The lowest BCUT2D eigenvalue weighted by Gasteiger charge is -2.28. The monoisotopic (exact) mass is 591 g/mol. The number of rotatable bonds is 6. The zero-order valence-corrected chi connectivity index (χ0v) is 20.1. The molecule has 1 amide bonds. The van der Waals surface area contributed by atoms with Crippen molar-refractivity contribution in [2.75, 3.05) is 5.73 Å². The third kappa shape index (κ3) is 4.24. The van der Waals surface area contributed by atoms with Crippen LogP contribution in [0.3, 0.4) is 0 Å². The molecule has 5 rings (SSSR count). The van der Waals surface area contributed by atoms with Crippen molar-refractivity contribution in [1.82, 2.24) is 14.8 Å². The fourth-order valence-electron chi connectivity index (χ4n) is 5.20. The van der Waals surface area contributed by atoms with Crippen molar-refractivity contribution in [3.05, 3.63) is 74.8 Å². The Morgan fingerprint density at radius 2 is 1.84 bits per heavy atom. The molecule has 0 bridgehead atoms. The molecule has 0 aliphatic heterocycles. The number of anilines is 1. The maximum Gasteiger partial charge on any atom is 0.435 e. The van der Waals surface area contributed by atoms with Crippen LogP contribution in [-0.2, 0) is 23.3 Å². The van der Waals surface area contributed by atoms with E-state index >= 15 is 8.78 Å². The molecule has 2 aromatic heterocycles. The van der Waals surface area contributed by atoms with Gasteiger partial charge in [0.2, 0.25) is 5.91 Å². The van der Waals surface area contributed by atoms with Crippen molar-refractivity contribution in [3.63, 3.8) is 0 Å². The van der Waals surface area contributed by atoms with Crippen molar-refractivity contribution in [2.24, 2.45) is 11.7 Å². The molecule has 2 aliphatic rings. The Hall–Kier alpha value is -3.16. The van der Waals surface area contributed by atoms with Gasteiger partial charge in [0, 0.05) is 27.9 Å². The number of hydrogen-bond acceptors (Lipinski definition) is 4. The number of pyridine rings is 1. The molecule has 6 nitrogen and oxygen atoms in total. The van der Waals surface area contributed by atoms with E-state index in [9.17, 15) is 26.7 Å². The van der Waals surface area contributed by atoms with Crippen molar-refractivity contribution in [1.29, 1.82) is 0 Å². The fraction of sp³-hybridized carbons (Fsp3) is 0.348. The summed E-state index contributed by atoms with van der Waals surface area (Å²) in [5.41, 5.74) is 8.27.